The monoisotopic (exact) mass is 383 g/mol. The lowest BCUT2D eigenvalue weighted by molar-refractivity contribution is -0.384. The average molecular weight is 383 g/mol. The number of amides is 1. The molecule has 0 aliphatic heterocycles. The summed E-state index contributed by atoms with van der Waals surface area (Å²) in [7, 11) is 0. The molecule has 1 heterocycles. The van der Waals surface area contributed by atoms with Crippen LogP contribution in [0.5, 0.6) is 5.75 Å². The van der Waals surface area contributed by atoms with Gasteiger partial charge in [-0.05, 0) is 30.7 Å². The largest absolute Gasteiger partial charge is 0.494 e. The molecule has 2 aromatic carbocycles. The Morgan fingerprint density at radius 1 is 1.15 bits per heavy atom. The minimum atomic E-state index is -0.446. The molecule has 0 fully saturated rings. The van der Waals surface area contributed by atoms with Gasteiger partial charge in [0.15, 0.2) is 5.13 Å². The predicted octanol–water partition coefficient (Wildman–Crippen LogP) is 4.52. The molecule has 3 rings (SSSR count). The number of nitro benzene ring substituents is 1. The SMILES string of the molecule is O=C(CCCOc1ccccc1)Nc1nc(-c2ccc([N+](=O)[O-])cc2)cs1. The van der Waals surface area contributed by atoms with E-state index in [0.717, 1.165) is 11.3 Å². The molecule has 138 valence electrons. The van der Waals surface area contributed by atoms with Crippen molar-refractivity contribution >= 4 is 28.1 Å². The molecule has 1 N–H and O–H groups in total. The third-order valence-corrected chi connectivity index (χ3v) is 4.44. The predicted molar refractivity (Wildman–Crippen MR) is 104 cm³/mol. The van der Waals surface area contributed by atoms with Crippen molar-refractivity contribution in [3.63, 3.8) is 0 Å². The Hall–Kier alpha value is -3.26. The number of para-hydroxylation sites is 1. The fraction of sp³-hybridized carbons (Fsp3) is 0.158. The number of carbonyl (C=O) groups excluding carboxylic acids is 1. The second kappa shape index (κ2) is 8.91. The van der Waals surface area contributed by atoms with E-state index in [2.05, 4.69) is 10.3 Å². The molecule has 0 aliphatic rings. The molecular formula is C19H17N3O4S. The fourth-order valence-corrected chi connectivity index (χ4v) is 3.07. The highest BCUT2D eigenvalue weighted by Crippen LogP contribution is 2.26. The maximum Gasteiger partial charge on any atom is 0.269 e. The Kier molecular flexibility index (Phi) is 6.11. The molecule has 7 nitrogen and oxygen atoms in total. The van der Waals surface area contributed by atoms with Crippen LogP contribution < -0.4 is 10.1 Å². The quantitative estimate of drug-likeness (QED) is 0.351. The van der Waals surface area contributed by atoms with Crippen molar-refractivity contribution < 1.29 is 14.5 Å². The van der Waals surface area contributed by atoms with Crippen LogP contribution in [0.15, 0.2) is 60.0 Å². The number of aromatic nitrogens is 1. The van der Waals surface area contributed by atoms with E-state index in [1.165, 1.54) is 23.5 Å². The maximum absolute atomic E-state index is 12.0. The Labute approximate surface area is 159 Å². The molecule has 27 heavy (non-hydrogen) atoms. The summed E-state index contributed by atoms with van der Waals surface area (Å²) in [6, 6.07) is 15.6. The summed E-state index contributed by atoms with van der Waals surface area (Å²) < 4.78 is 5.55. The van der Waals surface area contributed by atoms with Crippen LogP contribution in [0.1, 0.15) is 12.8 Å². The summed E-state index contributed by atoms with van der Waals surface area (Å²) in [5.41, 5.74) is 1.45. The lowest BCUT2D eigenvalue weighted by atomic mass is 10.1. The van der Waals surface area contributed by atoms with Crippen molar-refractivity contribution in [1.82, 2.24) is 4.98 Å². The molecule has 1 amide bonds. The Morgan fingerprint density at radius 3 is 2.59 bits per heavy atom. The summed E-state index contributed by atoms with van der Waals surface area (Å²) in [5.74, 6) is 0.654. The zero-order valence-corrected chi connectivity index (χ0v) is 15.1. The van der Waals surface area contributed by atoms with Crippen LogP contribution in [0.3, 0.4) is 0 Å². The molecule has 0 bridgehead atoms. The molecule has 0 unspecified atom stereocenters. The lowest BCUT2D eigenvalue weighted by Crippen LogP contribution is -2.12. The summed E-state index contributed by atoms with van der Waals surface area (Å²) >= 11 is 1.31. The first-order chi connectivity index (χ1) is 13.1. The highest BCUT2D eigenvalue weighted by Gasteiger charge is 2.10. The normalized spacial score (nSPS) is 10.4. The van der Waals surface area contributed by atoms with Gasteiger partial charge >= 0.3 is 0 Å². The second-order valence-electron chi connectivity index (χ2n) is 5.66. The van der Waals surface area contributed by atoms with Gasteiger partial charge in [0.1, 0.15) is 5.75 Å². The standard InChI is InChI=1S/C19H17N3O4S/c23-18(7-4-12-26-16-5-2-1-3-6-16)21-19-20-17(13-27-19)14-8-10-15(11-9-14)22(24)25/h1-3,5-6,8-11,13H,4,7,12H2,(H,20,21,23). The van der Waals surface area contributed by atoms with E-state index in [-0.39, 0.29) is 11.6 Å². The van der Waals surface area contributed by atoms with Crippen molar-refractivity contribution in [3.8, 4) is 17.0 Å². The number of thiazole rings is 1. The van der Waals surface area contributed by atoms with Crippen LogP contribution >= 0.6 is 11.3 Å². The molecular weight excluding hydrogens is 366 g/mol. The van der Waals surface area contributed by atoms with Gasteiger partial charge in [-0.3, -0.25) is 14.9 Å². The van der Waals surface area contributed by atoms with Crippen LogP contribution in [0.2, 0.25) is 0 Å². The van der Waals surface area contributed by atoms with Crippen LogP contribution in [0.25, 0.3) is 11.3 Å². The van der Waals surface area contributed by atoms with Gasteiger partial charge in [-0.1, -0.05) is 18.2 Å². The maximum atomic E-state index is 12.0. The number of rotatable bonds is 8. The number of benzene rings is 2. The molecule has 1 aromatic heterocycles. The van der Waals surface area contributed by atoms with Gasteiger partial charge in [0, 0.05) is 29.5 Å². The summed E-state index contributed by atoms with van der Waals surface area (Å²) in [6.45, 7) is 0.462. The zero-order valence-electron chi connectivity index (χ0n) is 14.3. The van der Waals surface area contributed by atoms with Crippen molar-refractivity contribution in [3.05, 3.63) is 70.1 Å². The molecule has 3 aromatic rings. The molecule has 0 atom stereocenters. The highest BCUT2D eigenvalue weighted by atomic mass is 32.1. The van der Waals surface area contributed by atoms with Crippen LogP contribution in [-0.4, -0.2) is 22.4 Å². The number of carbonyl (C=O) groups is 1. The van der Waals surface area contributed by atoms with E-state index >= 15 is 0 Å². The smallest absolute Gasteiger partial charge is 0.269 e. The van der Waals surface area contributed by atoms with E-state index in [1.54, 1.807) is 17.5 Å². The third-order valence-electron chi connectivity index (χ3n) is 3.68. The van der Waals surface area contributed by atoms with Crippen molar-refractivity contribution in [2.24, 2.45) is 0 Å². The number of anilines is 1. The summed E-state index contributed by atoms with van der Waals surface area (Å²) in [5, 5.41) is 15.8. The van der Waals surface area contributed by atoms with E-state index in [1.807, 2.05) is 30.3 Å². The lowest BCUT2D eigenvalue weighted by Gasteiger charge is -2.05. The summed E-state index contributed by atoms with van der Waals surface area (Å²) in [4.78, 5) is 26.6. The molecule has 0 saturated carbocycles. The first-order valence-corrected chi connectivity index (χ1v) is 9.18. The van der Waals surface area contributed by atoms with E-state index in [0.29, 0.717) is 30.3 Å². The second-order valence-corrected chi connectivity index (χ2v) is 6.51. The van der Waals surface area contributed by atoms with E-state index in [9.17, 15) is 14.9 Å². The van der Waals surface area contributed by atoms with E-state index in [4.69, 9.17) is 4.74 Å². The number of nitro groups is 1. The van der Waals surface area contributed by atoms with Crippen LogP contribution in [0, 0.1) is 10.1 Å². The Morgan fingerprint density at radius 2 is 1.89 bits per heavy atom. The number of ether oxygens (including phenoxy) is 1. The number of hydrogen-bond donors (Lipinski definition) is 1. The van der Waals surface area contributed by atoms with Crippen molar-refractivity contribution in [2.45, 2.75) is 12.8 Å². The highest BCUT2D eigenvalue weighted by molar-refractivity contribution is 7.14. The fourth-order valence-electron chi connectivity index (χ4n) is 2.34. The van der Waals surface area contributed by atoms with Crippen LogP contribution in [0.4, 0.5) is 10.8 Å². The first kappa shape index (κ1) is 18.5. The average Bonchev–Trinajstić information content (AvgIpc) is 3.14. The number of nitrogens with zero attached hydrogens (tertiary/aromatic N) is 2. The topological polar surface area (TPSA) is 94.4 Å². The summed E-state index contributed by atoms with van der Waals surface area (Å²) in [6.07, 6.45) is 0.931. The Balaban J connectivity index is 1.47. The van der Waals surface area contributed by atoms with Gasteiger partial charge in [0.2, 0.25) is 5.91 Å². The first-order valence-electron chi connectivity index (χ1n) is 8.30. The van der Waals surface area contributed by atoms with E-state index < -0.39 is 4.92 Å². The van der Waals surface area contributed by atoms with Crippen molar-refractivity contribution in [1.29, 1.82) is 0 Å². The minimum Gasteiger partial charge on any atom is -0.494 e. The van der Waals surface area contributed by atoms with Crippen LogP contribution in [-0.2, 0) is 4.79 Å². The van der Waals surface area contributed by atoms with Gasteiger partial charge in [-0.2, -0.15) is 0 Å². The van der Waals surface area contributed by atoms with Gasteiger partial charge in [-0.15, -0.1) is 11.3 Å². The molecule has 0 aliphatic carbocycles. The van der Waals surface area contributed by atoms with Gasteiger partial charge in [0.05, 0.1) is 17.2 Å². The Bertz CT molecular complexity index is 910. The van der Waals surface area contributed by atoms with Gasteiger partial charge in [0.25, 0.3) is 5.69 Å². The number of nitrogens with one attached hydrogen (secondary N) is 1. The van der Waals surface area contributed by atoms with Crippen molar-refractivity contribution in [2.75, 3.05) is 11.9 Å². The zero-order chi connectivity index (χ0) is 19.1. The van der Waals surface area contributed by atoms with Gasteiger partial charge < -0.3 is 10.1 Å². The minimum absolute atomic E-state index is 0.0280. The molecule has 0 spiro atoms. The molecule has 0 saturated heterocycles. The molecule has 8 heteroatoms. The molecule has 0 radical (unpaired) electrons. The third kappa shape index (κ3) is 5.35. The van der Waals surface area contributed by atoms with Gasteiger partial charge in [-0.25, -0.2) is 4.98 Å². The number of hydrogen-bond acceptors (Lipinski definition) is 6. The number of non-ortho nitro benzene ring substituents is 1.